The van der Waals surface area contributed by atoms with E-state index >= 15 is 0 Å². The summed E-state index contributed by atoms with van der Waals surface area (Å²) in [4.78, 5) is 46.1. The Bertz CT molecular complexity index is 225. The van der Waals surface area contributed by atoms with Crippen LogP contribution in [0.2, 0.25) is 0 Å². The van der Waals surface area contributed by atoms with Crippen molar-refractivity contribution in [1.29, 1.82) is 0 Å². The van der Waals surface area contributed by atoms with E-state index in [4.69, 9.17) is 24.9 Å². The van der Waals surface area contributed by atoms with E-state index in [2.05, 4.69) is 0 Å². The fourth-order valence-corrected chi connectivity index (χ4v) is 1.49. The molecule has 0 rings (SSSR count). The molecule has 0 aromatic heterocycles. The molecule has 0 amide bonds. The van der Waals surface area contributed by atoms with Crippen molar-refractivity contribution >= 4 is 20.0 Å². The topological polar surface area (TPSA) is 147 Å². The first-order chi connectivity index (χ1) is 6.22. The molecular weight excluding hydrogens is 217 g/mol. The van der Waals surface area contributed by atoms with Gasteiger partial charge in [-0.15, -0.1) is 0 Å². The van der Waals surface area contributed by atoms with Gasteiger partial charge >= 0.3 is 78.5 Å². The number of nitrogens with one attached hydrogen (secondary N) is 1. The third-order valence-corrected chi connectivity index (χ3v) is 2.05. The second kappa shape index (κ2) is 5.18. The first-order valence-corrected chi connectivity index (χ1v) is 5.46. The summed E-state index contributed by atoms with van der Waals surface area (Å²) in [6.07, 6.45) is -0.796. The van der Waals surface area contributed by atoms with E-state index < -0.39 is 32.5 Å². The Labute approximate surface area is 79.4 Å². The normalized spacial score (nSPS) is 14.8. The minimum absolute atomic E-state index is 0.346. The van der Waals surface area contributed by atoms with Crippen LogP contribution in [-0.2, 0) is 9.59 Å². The van der Waals surface area contributed by atoms with Crippen molar-refractivity contribution in [3.63, 3.8) is 0 Å². The van der Waals surface area contributed by atoms with Crippen LogP contribution in [0.3, 0.4) is 0 Å². The van der Waals surface area contributed by atoms with Gasteiger partial charge in [0.1, 0.15) is 0 Å². The van der Waals surface area contributed by atoms with Gasteiger partial charge in [-0.2, -0.15) is 0 Å². The summed E-state index contributed by atoms with van der Waals surface area (Å²) in [5.74, 6) is -2.67. The molecule has 0 saturated heterocycles. The van der Waals surface area contributed by atoms with Crippen molar-refractivity contribution in [1.82, 2.24) is 5.09 Å². The van der Waals surface area contributed by atoms with E-state index in [-0.39, 0.29) is 6.42 Å². The van der Waals surface area contributed by atoms with Gasteiger partial charge in [-0.05, 0) is 0 Å². The average molecular weight is 229 g/mol. The first kappa shape index (κ1) is 13.2. The van der Waals surface area contributed by atoms with Gasteiger partial charge in [-0.3, -0.25) is 0 Å². The molecule has 0 radical (unpaired) electrons. The number of rotatable bonds is 6. The molecule has 0 aromatic carbocycles. The quantitative estimate of drug-likeness (QED) is 0.295. The van der Waals surface area contributed by atoms with Crippen LogP contribution < -0.4 is 5.09 Å². The fourth-order valence-electron chi connectivity index (χ4n) is 0.759. The summed E-state index contributed by atoms with van der Waals surface area (Å²) in [7, 11) is -4.68. The summed E-state index contributed by atoms with van der Waals surface area (Å²) in [5, 5.41) is 18.4. The summed E-state index contributed by atoms with van der Waals surface area (Å²) in [6, 6.07) is -1.49. The second-order valence-corrected chi connectivity index (χ2v) is 4.16. The number of hydrogen-bond donors (Lipinski definition) is 6. The van der Waals surface area contributed by atoms with Gasteiger partial charge in [0.15, 0.2) is 0 Å². The third kappa shape index (κ3) is 6.70. The molecule has 0 bridgehead atoms. The van der Waals surface area contributed by atoms with Gasteiger partial charge in [0.2, 0.25) is 0 Å². The molecule has 1 unspecified atom stereocenters. The number of aliphatic carboxylic acids is 2. The average Bonchev–Trinajstić information content (AvgIpc) is 1.94. The van der Waals surface area contributed by atoms with Crippen molar-refractivity contribution in [2.24, 2.45) is 0 Å². The van der Waals surface area contributed by atoms with Crippen molar-refractivity contribution in [2.75, 3.05) is 0 Å². The Morgan fingerprint density at radius 3 is 2.00 bits per heavy atom. The van der Waals surface area contributed by atoms with Gasteiger partial charge in [0, 0.05) is 0 Å². The molecule has 14 heavy (non-hydrogen) atoms. The number of carbonyl (C=O) groups is 2. The van der Waals surface area contributed by atoms with Crippen LogP contribution in [0.4, 0.5) is 0 Å². The van der Waals surface area contributed by atoms with Gasteiger partial charge in [-0.1, -0.05) is 0 Å². The van der Waals surface area contributed by atoms with E-state index in [1.807, 2.05) is 0 Å². The maximum atomic E-state index is 10.4. The number of carboxylic acid groups (broad SMARTS) is 2. The molecule has 0 saturated carbocycles. The van der Waals surface area contributed by atoms with Crippen LogP contribution in [-0.4, -0.2) is 42.9 Å². The van der Waals surface area contributed by atoms with Crippen molar-refractivity contribution < 1.29 is 34.5 Å². The minimum atomic E-state index is -4.68. The summed E-state index contributed by atoms with van der Waals surface area (Å²) in [6.45, 7) is 0. The van der Waals surface area contributed by atoms with Crippen LogP contribution in [0.5, 0.6) is 0 Å². The summed E-state index contributed by atoms with van der Waals surface area (Å²) < 4.78 is 0. The van der Waals surface area contributed by atoms with E-state index in [1.54, 1.807) is 5.09 Å². The van der Waals surface area contributed by atoms with Gasteiger partial charge in [0.05, 0.1) is 0 Å². The third-order valence-electron chi connectivity index (χ3n) is 1.31. The van der Waals surface area contributed by atoms with E-state index in [9.17, 15) is 9.59 Å². The Kier molecular flexibility index (Phi) is 4.89. The predicted molar refractivity (Wildman–Crippen MR) is 46.4 cm³/mol. The molecule has 0 aliphatic carbocycles. The van der Waals surface area contributed by atoms with Crippen LogP contribution in [0.15, 0.2) is 0 Å². The molecule has 9 heteroatoms. The van der Waals surface area contributed by atoms with E-state index in [1.165, 1.54) is 0 Å². The zero-order chi connectivity index (χ0) is 11.4. The van der Waals surface area contributed by atoms with Gasteiger partial charge in [0.25, 0.3) is 0 Å². The standard InChI is InChI=1S/C5H12NO7P/c7-4(8)2-1-3(5(9)10)6-14(11,12)13/h3,6,11-14H,1-2H2,(H,7,8)(H,9,10). The zero-order valence-corrected chi connectivity index (χ0v) is 8.04. The van der Waals surface area contributed by atoms with Crippen LogP contribution in [0.1, 0.15) is 12.8 Å². The van der Waals surface area contributed by atoms with Crippen molar-refractivity contribution in [3.8, 4) is 0 Å². The molecule has 0 heterocycles. The number of carboxylic acids is 2. The van der Waals surface area contributed by atoms with Crippen LogP contribution in [0, 0.1) is 0 Å². The van der Waals surface area contributed by atoms with Gasteiger partial charge in [-0.25, -0.2) is 0 Å². The maximum absolute atomic E-state index is 10.4. The molecule has 84 valence electrons. The van der Waals surface area contributed by atoms with Crippen LogP contribution >= 0.6 is 8.09 Å². The first-order valence-electron chi connectivity index (χ1n) is 3.62. The van der Waals surface area contributed by atoms with Crippen molar-refractivity contribution in [3.05, 3.63) is 0 Å². The summed E-state index contributed by atoms with van der Waals surface area (Å²) >= 11 is 0. The Hall–Kier alpha value is -0.790. The Morgan fingerprint density at radius 1 is 1.21 bits per heavy atom. The van der Waals surface area contributed by atoms with Gasteiger partial charge < -0.3 is 0 Å². The molecule has 0 spiro atoms. The molecule has 6 N–H and O–H groups in total. The van der Waals surface area contributed by atoms with E-state index in [0.29, 0.717) is 0 Å². The molecule has 0 aromatic rings. The molecule has 0 fully saturated rings. The molecular formula is C5H12NO7P. The molecule has 1 atom stereocenters. The molecule has 0 aliphatic heterocycles. The molecule has 8 nitrogen and oxygen atoms in total. The van der Waals surface area contributed by atoms with E-state index in [0.717, 1.165) is 0 Å². The zero-order valence-electron chi connectivity index (χ0n) is 7.04. The SMILES string of the molecule is O=C(O)CCC(N[PH](O)(O)O)C(=O)O. The predicted octanol–water partition coefficient (Wildman–Crippen LogP) is -1.72. The summed E-state index contributed by atoms with van der Waals surface area (Å²) in [5.41, 5.74) is 0. The monoisotopic (exact) mass is 229 g/mol. The number of hydrogen-bond acceptors (Lipinski definition) is 6. The Balaban J connectivity index is 4.17. The Morgan fingerprint density at radius 2 is 1.71 bits per heavy atom. The second-order valence-electron chi connectivity index (χ2n) is 2.60. The van der Waals surface area contributed by atoms with Crippen LogP contribution in [0.25, 0.3) is 0 Å². The fraction of sp³-hybridized carbons (Fsp3) is 0.600. The van der Waals surface area contributed by atoms with Crippen molar-refractivity contribution in [2.45, 2.75) is 18.9 Å². The molecule has 0 aliphatic rings.